The first-order valence-electron chi connectivity index (χ1n) is 8.78. The van der Waals surface area contributed by atoms with Crippen molar-refractivity contribution in [2.24, 2.45) is 0 Å². The number of ether oxygens (including phenoxy) is 4. The summed E-state index contributed by atoms with van der Waals surface area (Å²) in [4.78, 5) is 28.4. The van der Waals surface area contributed by atoms with E-state index in [1.807, 2.05) is 0 Å². The van der Waals surface area contributed by atoms with Gasteiger partial charge in [0, 0.05) is 35.3 Å². The van der Waals surface area contributed by atoms with Crippen LogP contribution in [0.4, 0.5) is 10.1 Å². The first-order valence-corrected chi connectivity index (χ1v) is 8.78. The van der Waals surface area contributed by atoms with Gasteiger partial charge < -0.3 is 24.3 Å². The van der Waals surface area contributed by atoms with Crippen molar-refractivity contribution in [1.82, 2.24) is 4.98 Å². The number of aromatic nitrogens is 1. The third-order valence-electron chi connectivity index (χ3n) is 4.12. The molecule has 30 heavy (non-hydrogen) atoms. The van der Waals surface area contributed by atoms with Crippen LogP contribution in [-0.4, -0.2) is 44.8 Å². The van der Waals surface area contributed by atoms with Crippen LogP contribution in [0.5, 0.6) is 17.2 Å². The first-order chi connectivity index (χ1) is 14.4. The topological polar surface area (TPSA) is 96.0 Å². The number of esters is 1. The van der Waals surface area contributed by atoms with E-state index in [9.17, 15) is 14.0 Å². The highest BCUT2D eigenvalue weighted by Crippen LogP contribution is 2.28. The maximum absolute atomic E-state index is 13.7. The zero-order chi connectivity index (χ0) is 21.7. The number of hydrogen-bond donors (Lipinski definition) is 1. The molecule has 1 amide bonds. The number of amides is 1. The summed E-state index contributed by atoms with van der Waals surface area (Å²) in [6, 6.07) is 10.0. The zero-order valence-corrected chi connectivity index (χ0v) is 16.5. The summed E-state index contributed by atoms with van der Waals surface area (Å²) >= 11 is 0. The SMILES string of the molecule is COC(=O)c1cc(OCC(=O)Nc2cc(OC)cc(OC)c2)c2cc(F)ccc2n1. The standard InChI is InChI=1S/C21H19FN2O6/c1-27-14-7-13(8-15(9-14)28-2)23-20(25)11-30-19-10-18(21(26)29-3)24-17-5-4-12(22)6-16(17)19/h4-10H,11H2,1-3H3,(H,23,25). The molecule has 1 N–H and O–H groups in total. The maximum Gasteiger partial charge on any atom is 0.356 e. The summed E-state index contributed by atoms with van der Waals surface area (Å²) in [7, 11) is 4.21. The van der Waals surface area contributed by atoms with Gasteiger partial charge in [0.15, 0.2) is 12.3 Å². The minimum Gasteiger partial charge on any atom is -0.497 e. The van der Waals surface area contributed by atoms with Crippen molar-refractivity contribution < 1.29 is 32.9 Å². The van der Waals surface area contributed by atoms with Crippen molar-refractivity contribution in [3.63, 3.8) is 0 Å². The summed E-state index contributed by atoms with van der Waals surface area (Å²) in [5.74, 6) is -0.538. The molecule has 0 unspecified atom stereocenters. The maximum atomic E-state index is 13.7. The summed E-state index contributed by atoms with van der Waals surface area (Å²) in [5.41, 5.74) is 0.748. The Labute approximate surface area is 171 Å². The van der Waals surface area contributed by atoms with Crippen LogP contribution in [-0.2, 0) is 9.53 Å². The Bertz CT molecular complexity index is 1080. The lowest BCUT2D eigenvalue weighted by Gasteiger charge is -2.12. The molecule has 156 valence electrons. The van der Waals surface area contributed by atoms with Crippen molar-refractivity contribution in [2.45, 2.75) is 0 Å². The van der Waals surface area contributed by atoms with Gasteiger partial charge in [-0.2, -0.15) is 0 Å². The van der Waals surface area contributed by atoms with E-state index in [4.69, 9.17) is 14.2 Å². The van der Waals surface area contributed by atoms with E-state index in [0.717, 1.165) is 0 Å². The number of methoxy groups -OCH3 is 3. The highest BCUT2D eigenvalue weighted by atomic mass is 19.1. The smallest absolute Gasteiger partial charge is 0.356 e. The molecule has 0 aliphatic rings. The Hall–Kier alpha value is -3.88. The second-order valence-corrected chi connectivity index (χ2v) is 6.10. The van der Waals surface area contributed by atoms with Gasteiger partial charge in [-0.1, -0.05) is 0 Å². The number of carbonyl (C=O) groups excluding carboxylic acids is 2. The third kappa shape index (κ3) is 4.75. The normalized spacial score (nSPS) is 10.4. The molecular formula is C21H19FN2O6. The quantitative estimate of drug-likeness (QED) is 0.593. The molecule has 8 nitrogen and oxygen atoms in total. The average molecular weight is 414 g/mol. The number of anilines is 1. The zero-order valence-electron chi connectivity index (χ0n) is 16.5. The molecule has 0 atom stereocenters. The second-order valence-electron chi connectivity index (χ2n) is 6.10. The van der Waals surface area contributed by atoms with Gasteiger partial charge in [-0.25, -0.2) is 14.2 Å². The Balaban J connectivity index is 1.81. The third-order valence-corrected chi connectivity index (χ3v) is 4.12. The Kier molecular flexibility index (Phi) is 6.31. The average Bonchev–Trinajstić information content (AvgIpc) is 2.76. The van der Waals surface area contributed by atoms with Gasteiger partial charge >= 0.3 is 5.97 Å². The number of hydrogen-bond acceptors (Lipinski definition) is 7. The van der Waals surface area contributed by atoms with Crippen LogP contribution < -0.4 is 19.5 Å². The predicted molar refractivity (Wildman–Crippen MR) is 107 cm³/mol. The molecule has 1 heterocycles. The Morgan fingerprint density at radius 3 is 2.33 bits per heavy atom. The highest BCUT2D eigenvalue weighted by molar-refractivity contribution is 5.95. The molecule has 0 fully saturated rings. The lowest BCUT2D eigenvalue weighted by atomic mass is 10.1. The monoisotopic (exact) mass is 414 g/mol. The highest BCUT2D eigenvalue weighted by Gasteiger charge is 2.15. The van der Waals surface area contributed by atoms with Gasteiger partial charge in [0.2, 0.25) is 0 Å². The van der Waals surface area contributed by atoms with Gasteiger partial charge in [0.1, 0.15) is 23.1 Å². The Morgan fingerprint density at radius 2 is 1.70 bits per heavy atom. The summed E-state index contributed by atoms with van der Waals surface area (Å²) in [6.07, 6.45) is 0. The van der Waals surface area contributed by atoms with Crippen LogP contribution >= 0.6 is 0 Å². The molecule has 0 aliphatic carbocycles. The van der Waals surface area contributed by atoms with Gasteiger partial charge in [-0.15, -0.1) is 0 Å². The number of halogens is 1. The number of fused-ring (bicyclic) bond motifs is 1. The lowest BCUT2D eigenvalue weighted by Crippen LogP contribution is -2.20. The molecule has 2 aromatic carbocycles. The Morgan fingerprint density at radius 1 is 1.00 bits per heavy atom. The van der Waals surface area contributed by atoms with Crippen molar-refractivity contribution in [2.75, 3.05) is 33.3 Å². The summed E-state index contributed by atoms with van der Waals surface area (Å²) in [5, 5.41) is 2.98. The van der Waals surface area contributed by atoms with E-state index in [-0.39, 0.29) is 11.4 Å². The van der Waals surface area contributed by atoms with E-state index < -0.39 is 24.3 Å². The van der Waals surface area contributed by atoms with Gasteiger partial charge in [-0.3, -0.25) is 4.79 Å². The molecule has 0 saturated heterocycles. The first kappa shape index (κ1) is 20.8. The molecule has 3 rings (SSSR count). The fraction of sp³-hybridized carbons (Fsp3) is 0.190. The van der Waals surface area contributed by atoms with E-state index in [1.165, 1.54) is 45.6 Å². The number of pyridine rings is 1. The molecule has 0 saturated carbocycles. The number of benzene rings is 2. The molecule has 0 aliphatic heterocycles. The number of nitrogens with one attached hydrogen (secondary N) is 1. The molecule has 3 aromatic rings. The molecule has 1 aromatic heterocycles. The van der Waals surface area contributed by atoms with Crippen LogP contribution in [0.3, 0.4) is 0 Å². The summed E-state index contributed by atoms with van der Waals surface area (Å²) in [6.45, 7) is -0.393. The number of rotatable bonds is 7. The molecule has 9 heteroatoms. The molecule has 0 bridgehead atoms. The van der Waals surface area contributed by atoms with Crippen molar-refractivity contribution in [1.29, 1.82) is 0 Å². The lowest BCUT2D eigenvalue weighted by molar-refractivity contribution is -0.118. The van der Waals surface area contributed by atoms with Gasteiger partial charge in [-0.05, 0) is 18.2 Å². The fourth-order valence-electron chi connectivity index (χ4n) is 2.72. The second kappa shape index (κ2) is 9.08. The van der Waals surface area contributed by atoms with Crippen LogP contribution in [0.1, 0.15) is 10.5 Å². The van der Waals surface area contributed by atoms with E-state index in [2.05, 4.69) is 15.0 Å². The molecule has 0 radical (unpaired) electrons. The fourth-order valence-corrected chi connectivity index (χ4v) is 2.72. The molecular weight excluding hydrogens is 395 g/mol. The van der Waals surface area contributed by atoms with Crippen molar-refractivity contribution >= 4 is 28.5 Å². The van der Waals surface area contributed by atoms with Crippen LogP contribution in [0.25, 0.3) is 10.9 Å². The minimum atomic E-state index is -0.681. The number of carbonyl (C=O) groups is 2. The van der Waals surface area contributed by atoms with Crippen LogP contribution in [0.2, 0.25) is 0 Å². The number of nitrogens with zero attached hydrogens (tertiary/aromatic N) is 1. The largest absolute Gasteiger partial charge is 0.497 e. The van der Waals surface area contributed by atoms with Crippen molar-refractivity contribution in [3.05, 3.63) is 54.0 Å². The van der Waals surface area contributed by atoms with Crippen LogP contribution in [0.15, 0.2) is 42.5 Å². The van der Waals surface area contributed by atoms with Gasteiger partial charge in [0.05, 0.1) is 26.8 Å². The molecule has 0 spiro atoms. The minimum absolute atomic E-state index is 0.0236. The predicted octanol–water partition coefficient (Wildman–Crippen LogP) is 3.20. The van der Waals surface area contributed by atoms with E-state index >= 15 is 0 Å². The van der Waals surface area contributed by atoms with E-state index in [0.29, 0.717) is 28.1 Å². The van der Waals surface area contributed by atoms with Crippen molar-refractivity contribution in [3.8, 4) is 17.2 Å². The van der Waals surface area contributed by atoms with E-state index in [1.54, 1.807) is 18.2 Å². The van der Waals surface area contributed by atoms with Gasteiger partial charge in [0.25, 0.3) is 5.91 Å². The van der Waals surface area contributed by atoms with Crippen LogP contribution in [0, 0.1) is 5.82 Å². The summed E-state index contributed by atoms with van der Waals surface area (Å²) < 4.78 is 34.3.